The van der Waals surface area contributed by atoms with Gasteiger partial charge in [-0.3, -0.25) is 9.69 Å². The molecule has 0 bridgehead atoms. The number of rotatable bonds is 6. The fraction of sp³-hybridized carbons (Fsp3) is 0.600. The maximum atomic E-state index is 12.6. The lowest BCUT2D eigenvalue weighted by Crippen LogP contribution is -2.57. The van der Waals surface area contributed by atoms with Gasteiger partial charge in [-0.25, -0.2) is 4.98 Å². The number of nitrogens with zero attached hydrogens (tertiary/aromatic N) is 2. The Morgan fingerprint density at radius 3 is 3.11 bits per heavy atom. The van der Waals surface area contributed by atoms with E-state index in [0.29, 0.717) is 24.8 Å². The highest BCUT2D eigenvalue weighted by Crippen LogP contribution is 2.37. The average molecular weight is 406 g/mol. The molecular formula is C20H27N3O4S. The summed E-state index contributed by atoms with van der Waals surface area (Å²) in [6, 6.07) is 5.78. The van der Waals surface area contributed by atoms with Crippen molar-refractivity contribution in [1.82, 2.24) is 9.88 Å². The summed E-state index contributed by atoms with van der Waals surface area (Å²) in [7, 11) is 1.73. The maximum absolute atomic E-state index is 12.6. The maximum Gasteiger partial charge on any atom is 0.240 e. The van der Waals surface area contributed by atoms with Gasteiger partial charge in [0.05, 0.1) is 35.1 Å². The number of ether oxygens (including phenoxy) is 3. The molecule has 1 spiro atoms. The van der Waals surface area contributed by atoms with Crippen molar-refractivity contribution in [3.05, 3.63) is 18.2 Å². The van der Waals surface area contributed by atoms with Crippen molar-refractivity contribution in [2.24, 2.45) is 0 Å². The van der Waals surface area contributed by atoms with E-state index < -0.39 is 0 Å². The largest absolute Gasteiger partial charge is 0.494 e. The van der Waals surface area contributed by atoms with Crippen molar-refractivity contribution in [2.45, 2.75) is 37.9 Å². The van der Waals surface area contributed by atoms with Gasteiger partial charge in [0.2, 0.25) is 5.91 Å². The van der Waals surface area contributed by atoms with Gasteiger partial charge in [0, 0.05) is 26.8 Å². The summed E-state index contributed by atoms with van der Waals surface area (Å²) in [6.07, 6.45) is 3.04. The number of carbonyl (C=O) groups excluding carboxylic acids is 1. The molecule has 0 radical (unpaired) electrons. The molecule has 3 heterocycles. The molecule has 2 fully saturated rings. The molecule has 2 aromatic rings. The van der Waals surface area contributed by atoms with Crippen LogP contribution in [0, 0.1) is 0 Å². The smallest absolute Gasteiger partial charge is 0.240 e. The molecule has 1 aromatic heterocycles. The average Bonchev–Trinajstić information content (AvgIpc) is 3.30. The van der Waals surface area contributed by atoms with Crippen LogP contribution in [0.15, 0.2) is 18.2 Å². The van der Waals surface area contributed by atoms with Crippen molar-refractivity contribution >= 4 is 32.6 Å². The number of anilines is 1. The van der Waals surface area contributed by atoms with Gasteiger partial charge in [0.25, 0.3) is 0 Å². The van der Waals surface area contributed by atoms with E-state index in [9.17, 15) is 4.79 Å². The highest BCUT2D eigenvalue weighted by Gasteiger charge is 2.46. The van der Waals surface area contributed by atoms with E-state index in [2.05, 4.69) is 15.2 Å². The zero-order valence-corrected chi connectivity index (χ0v) is 17.2. The summed E-state index contributed by atoms with van der Waals surface area (Å²) in [4.78, 5) is 19.2. The van der Waals surface area contributed by atoms with Crippen LogP contribution >= 0.6 is 11.3 Å². The Morgan fingerprint density at radius 2 is 2.36 bits per heavy atom. The van der Waals surface area contributed by atoms with Gasteiger partial charge in [0.1, 0.15) is 5.75 Å². The summed E-state index contributed by atoms with van der Waals surface area (Å²) in [5.41, 5.74) is 0.703. The summed E-state index contributed by atoms with van der Waals surface area (Å²) in [5, 5.41) is 3.55. The molecule has 1 amide bonds. The van der Waals surface area contributed by atoms with E-state index in [-0.39, 0.29) is 17.6 Å². The molecule has 0 aliphatic carbocycles. The molecule has 8 heteroatoms. The summed E-state index contributed by atoms with van der Waals surface area (Å²) in [6.45, 7) is 5.27. The highest BCUT2D eigenvalue weighted by atomic mass is 32.1. The standard InChI is InChI=1S/C20H27N3O4S/c1-3-26-14-5-6-15-16(11-14)28-19(21-15)22-18(24)13-23-9-8-20(7-4-10-27-20)17(12-23)25-2/h5-6,11,17H,3-4,7-10,12-13H2,1-2H3,(H,21,22,24). The summed E-state index contributed by atoms with van der Waals surface area (Å²) < 4.78 is 18.3. The van der Waals surface area contributed by atoms with Crippen LogP contribution in [0.1, 0.15) is 26.2 Å². The van der Waals surface area contributed by atoms with E-state index in [1.54, 1.807) is 7.11 Å². The Bertz CT molecular complexity index is 834. The van der Waals surface area contributed by atoms with Gasteiger partial charge >= 0.3 is 0 Å². The van der Waals surface area contributed by atoms with Crippen molar-refractivity contribution < 1.29 is 19.0 Å². The second kappa shape index (κ2) is 8.32. The van der Waals surface area contributed by atoms with E-state index in [0.717, 1.165) is 48.4 Å². The van der Waals surface area contributed by atoms with Crippen LogP contribution in [0.3, 0.4) is 0 Å². The lowest BCUT2D eigenvalue weighted by molar-refractivity contribution is -0.145. The summed E-state index contributed by atoms with van der Waals surface area (Å²) in [5.74, 6) is 0.765. The molecule has 2 aliphatic rings. The van der Waals surface area contributed by atoms with Crippen molar-refractivity contribution in [1.29, 1.82) is 0 Å². The number of benzene rings is 1. The van der Waals surface area contributed by atoms with Crippen LogP contribution in [-0.2, 0) is 14.3 Å². The van der Waals surface area contributed by atoms with Crippen LogP contribution < -0.4 is 10.1 Å². The molecular weight excluding hydrogens is 378 g/mol. The molecule has 2 unspecified atom stereocenters. The first kappa shape index (κ1) is 19.6. The molecule has 4 rings (SSSR count). The zero-order valence-electron chi connectivity index (χ0n) is 16.4. The fourth-order valence-corrected chi connectivity index (χ4v) is 5.09. The molecule has 28 heavy (non-hydrogen) atoms. The van der Waals surface area contributed by atoms with Crippen LogP contribution in [0.5, 0.6) is 5.75 Å². The number of piperidine rings is 1. The van der Waals surface area contributed by atoms with Gasteiger partial charge in [-0.2, -0.15) is 0 Å². The Labute approximate surface area is 169 Å². The topological polar surface area (TPSA) is 72.9 Å². The Balaban J connectivity index is 1.36. The number of hydrogen-bond donors (Lipinski definition) is 1. The van der Waals surface area contributed by atoms with Gasteiger partial charge in [-0.05, 0) is 44.4 Å². The summed E-state index contributed by atoms with van der Waals surface area (Å²) >= 11 is 1.46. The van der Waals surface area contributed by atoms with Crippen LogP contribution in [0.2, 0.25) is 0 Å². The van der Waals surface area contributed by atoms with Crippen molar-refractivity contribution in [2.75, 3.05) is 45.3 Å². The lowest BCUT2D eigenvalue weighted by atomic mass is 9.86. The minimum atomic E-state index is -0.160. The van der Waals surface area contributed by atoms with Crippen LogP contribution in [0.25, 0.3) is 10.2 Å². The Hall–Kier alpha value is -1.74. The molecule has 0 saturated carbocycles. The molecule has 152 valence electrons. The van der Waals surface area contributed by atoms with Crippen LogP contribution in [0.4, 0.5) is 5.13 Å². The first-order valence-electron chi connectivity index (χ1n) is 9.84. The second-order valence-electron chi connectivity index (χ2n) is 7.36. The number of methoxy groups -OCH3 is 1. The zero-order chi connectivity index (χ0) is 19.6. The van der Waals surface area contributed by atoms with Crippen LogP contribution in [-0.4, -0.2) is 67.5 Å². The fourth-order valence-electron chi connectivity index (χ4n) is 4.18. The molecule has 1 aromatic carbocycles. The van der Waals surface area contributed by atoms with Gasteiger partial charge in [0.15, 0.2) is 5.13 Å². The highest BCUT2D eigenvalue weighted by molar-refractivity contribution is 7.22. The van der Waals surface area contributed by atoms with E-state index in [1.165, 1.54) is 11.3 Å². The predicted molar refractivity (Wildman–Crippen MR) is 109 cm³/mol. The van der Waals surface area contributed by atoms with Gasteiger partial charge in [-0.15, -0.1) is 0 Å². The van der Waals surface area contributed by atoms with Gasteiger partial charge in [-0.1, -0.05) is 11.3 Å². The number of thiazole rings is 1. The minimum absolute atomic E-state index is 0.0102. The number of likely N-dealkylation sites (tertiary alicyclic amines) is 1. The second-order valence-corrected chi connectivity index (χ2v) is 8.39. The number of aromatic nitrogens is 1. The first-order chi connectivity index (χ1) is 13.6. The molecule has 2 aliphatic heterocycles. The molecule has 7 nitrogen and oxygen atoms in total. The normalized spacial score (nSPS) is 25.4. The number of fused-ring (bicyclic) bond motifs is 1. The third kappa shape index (κ3) is 4.00. The van der Waals surface area contributed by atoms with Crippen molar-refractivity contribution in [3.63, 3.8) is 0 Å². The number of nitrogens with one attached hydrogen (secondary N) is 1. The quantitative estimate of drug-likeness (QED) is 0.797. The Kier molecular flexibility index (Phi) is 5.82. The Morgan fingerprint density at radius 1 is 1.46 bits per heavy atom. The number of amides is 1. The van der Waals surface area contributed by atoms with Crippen molar-refractivity contribution in [3.8, 4) is 5.75 Å². The lowest BCUT2D eigenvalue weighted by Gasteiger charge is -2.44. The third-order valence-electron chi connectivity index (χ3n) is 5.56. The predicted octanol–water partition coefficient (Wildman–Crippen LogP) is 2.90. The van der Waals surface area contributed by atoms with E-state index in [1.807, 2.05) is 25.1 Å². The third-order valence-corrected chi connectivity index (χ3v) is 6.50. The minimum Gasteiger partial charge on any atom is -0.494 e. The molecule has 2 saturated heterocycles. The molecule has 1 N–H and O–H groups in total. The number of carbonyl (C=O) groups is 1. The van der Waals surface area contributed by atoms with E-state index >= 15 is 0 Å². The monoisotopic (exact) mass is 405 g/mol. The van der Waals surface area contributed by atoms with E-state index in [4.69, 9.17) is 14.2 Å². The first-order valence-corrected chi connectivity index (χ1v) is 10.7. The number of hydrogen-bond acceptors (Lipinski definition) is 7. The molecule has 2 atom stereocenters. The van der Waals surface area contributed by atoms with Gasteiger partial charge < -0.3 is 19.5 Å². The SMILES string of the molecule is CCOc1ccc2nc(NC(=O)CN3CCC4(CCCO4)C(OC)C3)sc2c1.